The van der Waals surface area contributed by atoms with E-state index in [0.717, 1.165) is 31.0 Å². The fraction of sp³-hybridized carbons (Fsp3) is 0.588. The summed E-state index contributed by atoms with van der Waals surface area (Å²) in [7, 11) is 0. The molecule has 0 radical (unpaired) electrons. The van der Waals surface area contributed by atoms with Crippen LogP contribution in [0, 0.1) is 5.92 Å². The molecule has 3 N–H and O–H groups in total. The molecule has 1 unspecified atom stereocenters. The summed E-state index contributed by atoms with van der Waals surface area (Å²) in [4.78, 5) is 4.59. The minimum atomic E-state index is 0.0479. The van der Waals surface area contributed by atoms with Crippen LogP contribution in [-0.2, 0) is 0 Å². The van der Waals surface area contributed by atoms with Gasteiger partial charge in [0, 0.05) is 19.0 Å². The van der Waals surface area contributed by atoms with Gasteiger partial charge in [-0.1, -0.05) is 44.2 Å². The third kappa shape index (κ3) is 7.14. The maximum atomic E-state index is 9.56. The number of aliphatic hydroxyl groups excluding tert-OH is 1. The molecule has 1 rings (SSSR count). The van der Waals surface area contributed by atoms with Gasteiger partial charge in [-0.05, 0) is 24.8 Å². The van der Waals surface area contributed by atoms with Crippen molar-refractivity contribution in [1.29, 1.82) is 0 Å². The van der Waals surface area contributed by atoms with E-state index >= 15 is 0 Å². The third-order valence-electron chi connectivity index (χ3n) is 3.32. The summed E-state index contributed by atoms with van der Waals surface area (Å²) < 4.78 is 0. The molecule has 0 fully saturated rings. The number of hydrogen-bond donors (Lipinski definition) is 3. The highest BCUT2D eigenvalue weighted by Crippen LogP contribution is 2.14. The summed E-state index contributed by atoms with van der Waals surface area (Å²) in [6.45, 7) is 8.92. The molecule has 0 heterocycles. The van der Waals surface area contributed by atoms with Crippen molar-refractivity contribution in [2.75, 3.05) is 26.2 Å². The van der Waals surface area contributed by atoms with Gasteiger partial charge in [0.1, 0.15) is 0 Å². The van der Waals surface area contributed by atoms with Crippen LogP contribution in [0.15, 0.2) is 35.3 Å². The molecule has 118 valence electrons. The first-order chi connectivity index (χ1) is 10.2. The number of benzene rings is 1. The van der Waals surface area contributed by atoms with Crippen molar-refractivity contribution < 1.29 is 5.11 Å². The lowest BCUT2D eigenvalue weighted by Gasteiger charge is -2.15. The van der Waals surface area contributed by atoms with E-state index in [1.165, 1.54) is 0 Å². The standard InChI is InChI=1S/C17H29N3O/c1-4-18-17(19-11-10-14(2)3)20-12-16(13-21)15-8-6-5-7-9-15/h5-9,14,16,21H,4,10-13H2,1-3H3,(H2,18,19,20). The van der Waals surface area contributed by atoms with Gasteiger partial charge in [0.2, 0.25) is 0 Å². The molecular formula is C17H29N3O. The Morgan fingerprint density at radius 3 is 2.48 bits per heavy atom. The molecule has 0 spiro atoms. The molecule has 0 aliphatic rings. The second-order valence-electron chi connectivity index (χ2n) is 5.62. The molecule has 0 bridgehead atoms. The SMILES string of the molecule is CCNC(=NCC(CO)c1ccccc1)NCCC(C)C. The summed E-state index contributed by atoms with van der Waals surface area (Å²) >= 11 is 0. The molecule has 21 heavy (non-hydrogen) atoms. The Hall–Kier alpha value is -1.55. The fourth-order valence-corrected chi connectivity index (χ4v) is 2.02. The average Bonchev–Trinajstić information content (AvgIpc) is 2.48. The molecule has 0 aromatic heterocycles. The van der Waals surface area contributed by atoms with Crippen LogP contribution >= 0.6 is 0 Å². The monoisotopic (exact) mass is 291 g/mol. The quantitative estimate of drug-likeness (QED) is 0.509. The molecule has 0 saturated heterocycles. The Labute approximate surface area is 128 Å². The van der Waals surface area contributed by atoms with E-state index in [1.807, 2.05) is 30.3 Å². The Morgan fingerprint density at radius 1 is 1.19 bits per heavy atom. The Morgan fingerprint density at radius 2 is 1.90 bits per heavy atom. The summed E-state index contributed by atoms with van der Waals surface area (Å²) in [6, 6.07) is 10.0. The zero-order valence-corrected chi connectivity index (χ0v) is 13.5. The molecule has 0 aliphatic carbocycles. The summed E-state index contributed by atoms with van der Waals surface area (Å²) in [5, 5.41) is 16.1. The van der Waals surface area contributed by atoms with Crippen molar-refractivity contribution in [3.05, 3.63) is 35.9 Å². The lowest BCUT2D eigenvalue weighted by atomic mass is 10.0. The Bertz CT molecular complexity index is 404. The Balaban J connectivity index is 2.58. The zero-order valence-electron chi connectivity index (χ0n) is 13.5. The molecule has 1 atom stereocenters. The van der Waals surface area contributed by atoms with Gasteiger partial charge in [0.25, 0.3) is 0 Å². The van der Waals surface area contributed by atoms with Crippen LogP contribution in [0.5, 0.6) is 0 Å². The highest BCUT2D eigenvalue weighted by molar-refractivity contribution is 5.79. The highest BCUT2D eigenvalue weighted by atomic mass is 16.3. The van der Waals surface area contributed by atoms with Crippen LogP contribution in [0.2, 0.25) is 0 Å². The van der Waals surface area contributed by atoms with Gasteiger partial charge in [-0.3, -0.25) is 4.99 Å². The zero-order chi connectivity index (χ0) is 15.5. The molecule has 0 saturated carbocycles. The smallest absolute Gasteiger partial charge is 0.191 e. The van der Waals surface area contributed by atoms with Gasteiger partial charge in [-0.15, -0.1) is 0 Å². The van der Waals surface area contributed by atoms with Crippen molar-refractivity contribution in [3.8, 4) is 0 Å². The number of hydrogen-bond acceptors (Lipinski definition) is 2. The van der Waals surface area contributed by atoms with Crippen molar-refractivity contribution in [1.82, 2.24) is 10.6 Å². The van der Waals surface area contributed by atoms with Crippen LogP contribution in [0.3, 0.4) is 0 Å². The van der Waals surface area contributed by atoms with Crippen molar-refractivity contribution in [2.45, 2.75) is 33.1 Å². The van der Waals surface area contributed by atoms with Crippen molar-refractivity contribution >= 4 is 5.96 Å². The van der Waals surface area contributed by atoms with Crippen LogP contribution in [0.25, 0.3) is 0 Å². The van der Waals surface area contributed by atoms with Crippen LogP contribution in [-0.4, -0.2) is 37.3 Å². The first-order valence-electron chi connectivity index (χ1n) is 7.85. The first kappa shape index (κ1) is 17.5. The minimum Gasteiger partial charge on any atom is -0.396 e. The molecule has 1 aromatic carbocycles. The first-order valence-corrected chi connectivity index (χ1v) is 7.85. The number of guanidine groups is 1. The number of aliphatic hydroxyl groups is 1. The molecule has 1 aromatic rings. The molecular weight excluding hydrogens is 262 g/mol. The number of rotatable bonds is 8. The third-order valence-corrected chi connectivity index (χ3v) is 3.32. The van der Waals surface area contributed by atoms with E-state index in [9.17, 15) is 5.11 Å². The molecule has 0 amide bonds. The summed E-state index contributed by atoms with van der Waals surface area (Å²) in [5.74, 6) is 1.55. The normalized spacial score (nSPS) is 13.3. The predicted octanol–water partition coefficient (Wildman–Crippen LogP) is 2.36. The summed E-state index contributed by atoms with van der Waals surface area (Å²) in [6.07, 6.45) is 1.12. The topological polar surface area (TPSA) is 56.7 Å². The van der Waals surface area contributed by atoms with E-state index < -0.39 is 0 Å². The van der Waals surface area contributed by atoms with Gasteiger partial charge < -0.3 is 15.7 Å². The van der Waals surface area contributed by atoms with Gasteiger partial charge in [0.05, 0.1) is 13.2 Å². The van der Waals surface area contributed by atoms with Crippen molar-refractivity contribution in [3.63, 3.8) is 0 Å². The van der Waals surface area contributed by atoms with Crippen LogP contribution in [0.4, 0.5) is 0 Å². The van der Waals surface area contributed by atoms with E-state index in [0.29, 0.717) is 12.5 Å². The lowest BCUT2D eigenvalue weighted by molar-refractivity contribution is 0.268. The van der Waals surface area contributed by atoms with Crippen LogP contribution < -0.4 is 10.6 Å². The van der Waals surface area contributed by atoms with E-state index in [1.54, 1.807) is 0 Å². The molecule has 4 heteroatoms. The van der Waals surface area contributed by atoms with Gasteiger partial charge >= 0.3 is 0 Å². The highest BCUT2D eigenvalue weighted by Gasteiger charge is 2.09. The maximum absolute atomic E-state index is 9.56. The number of nitrogens with one attached hydrogen (secondary N) is 2. The lowest BCUT2D eigenvalue weighted by Crippen LogP contribution is -2.38. The van der Waals surface area contributed by atoms with Crippen LogP contribution in [0.1, 0.15) is 38.7 Å². The number of nitrogens with zero attached hydrogens (tertiary/aromatic N) is 1. The van der Waals surface area contributed by atoms with Crippen molar-refractivity contribution in [2.24, 2.45) is 10.9 Å². The van der Waals surface area contributed by atoms with E-state index in [-0.39, 0.29) is 12.5 Å². The second kappa shape index (κ2) is 10.2. The van der Waals surface area contributed by atoms with Gasteiger partial charge in [-0.25, -0.2) is 0 Å². The fourth-order valence-electron chi connectivity index (χ4n) is 2.02. The van der Waals surface area contributed by atoms with E-state index in [4.69, 9.17) is 0 Å². The predicted molar refractivity (Wildman–Crippen MR) is 89.7 cm³/mol. The minimum absolute atomic E-state index is 0.0479. The molecule has 0 aliphatic heterocycles. The Kier molecular flexibility index (Phi) is 8.51. The van der Waals surface area contributed by atoms with E-state index in [2.05, 4.69) is 36.4 Å². The second-order valence-corrected chi connectivity index (χ2v) is 5.62. The van der Waals surface area contributed by atoms with Gasteiger partial charge in [0.15, 0.2) is 5.96 Å². The van der Waals surface area contributed by atoms with Gasteiger partial charge in [-0.2, -0.15) is 0 Å². The largest absolute Gasteiger partial charge is 0.396 e. The average molecular weight is 291 g/mol. The number of aliphatic imine (C=N–C) groups is 1. The summed E-state index contributed by atoms with van der Waals surface area (Å²) in [5.41, 5.74) is 1.13. The molecule has 4 nitrogen and oxygen atoms in total. The maximum Gasteiger partial charge on any atom is 0.191 e.